The van der Waals surface area contributed by atoms with Crippen LogP contribution in [-0.2, 0) is 18.0 Å². The average molecular weight is 501 g/mol. The maximum absolute atomic E-state index is 12.8. The molecule has 4 aromatic rings. The molecule has 1 aromatic heterocycles. The summed E-state index contributed by atoms with van der Waals surface area (Å²) in [6.45, 7) is 2.33. The first-order valence-electron chi connectivity index (χ1n) is 11.6. The zero-order valence-electron chi connectivity index (χ0n) is 21.2. The monoisotopic (exact) mass is 500 g/mol. The van der Waals surface area contributed by atoms with Gasteiger partial charge in [-0.25, -0.2) is 9.78 Å². The van der Waals surface area contributed by atoms with Gasteiger partial charge in [0, 0.05) is 5.56 Å². The lowest BCUT2D eigenvalue weighted by molar-refractivity contribution is 0.0586. The molecule has 0 aliphatic carbocycles. The zero-order valence-corrected chi connectivity index (χ0v) is 21.2. The number of ether oxygens (including phenoxy) is 5. The summed E-state index contributed by atoms with van der Waals surface area (Å²) in [6.07, 6.45) is 0. The second kappa shape index (κ2) is 11.9. The molecule has 0 saturated carbocycles. The van der Waals surface area contributed by atoms with Crippen molar-refractivity contribution in [3.8, 4) is 34.5 Å². The molecular weight excluding hydrogens is 472 g/mol. The van der Waals surface area contributed by atoms with Gasteiger partial charge in [0.05, 0.1) is 21.3 Å². The lowest BCUT2D eigenvalue weighted by Gasteiger charge is -2.16. The van der Waals surface area contributed by atoms with Crippen molar-refractivity contribution in [2.24, 2.45) is 0 Å². The molecule has 0 N–H and O–H groups in total. The quantitative estimate of drug-likeness (QED) is 0.267. The molecule has 0 fully saturated rings. The van der Waals surface area contributed by atoms with E-state index in [0.29, 0.717) is 5.82 Å². The van der Waals surface area contributed by atoms with Gasteiger partial charge < -0.3 is 23.7 Å². The standard InChI is InChI=1S/C29H28N2O6/c1-19-5-11-22(12-6-19)27-30-25(29(32)35-4)26(36-17-20-7-13-23(33-2)14-8-20)28(31-27)37-18-21-9-15-24(34-3)16-10-21/h5-16H,17-18H2,1-4H3. The van der Waals surface area contributed by atoms with Gasteiger partial charge in [-0.05, 0) is 42.3 Å². The van der Waals surface area contributed by atoms with E-state index in [-0.39, 0.29) is 30.5 Å². The van der Waals surface area contributed by atoms with Gasteiger partial charge in [0.1, 0.15) is 24.7 Å². The predicted molar refractivity (Wildman–Crippen MR) is 138 cm³/mol. The topological polar surface area (TPSA) is 89.0 Å². The van der Waals surface area contributed by atoms with Gasteiger partial charge in [0.15, 0.2) is 11.5 Å². The summed E-state index contributed by atoms with van der Waals surface area (Å²) in [5, 5.41) is 0. The summed E-state index contributed by atoms with van der Waals surface area (Å²) in [5.74, 6) is 1.37. The summed E-state index contributed by atoms with van der Waals surface area (Å²) < 4.78 is 27.6. The van der Waals surface area contributed by atoms with Crippen molar-refractivity contribution in [3.63, 3.8) is 0 Å². The Bertz CT molecular complexity index is 1340. The highest BCUT2D eigenvalue weighted by molar-refractivity contribution is 5.91. The molecule has 8 heteroatoms. The summed E-state index contributed by atoms with van der Waals surface area (Å²) in [6, 6.07) is 22.5. The minimum Gasteiger partial charge on any atom is -0.497 e. The highest BCUT2D eigenvalue weighted by Gasteiger charge is 2.25. The molecule has 37 heavy (non-hydrogen) atoms. The summed E-state index contributed by atoms with van der Waals surface area (Å²) in [5.41, 5.74) is 3.54. The fraction of sp³-hybridized carbons (Fsp3) is 0.207. The molecule has 4 rings (SSSR count). The molecule has 0 amide bonds. The minimum absolute atomic E-state index is 0.0219. The predicted octanol–water partition coefficient (Wildman–Crippen LogP) is 5.41. The van der Waals surface area contributed by atoms with Crippen LogP contribution >= 0.6 is 0 Å². The van der Waals surface area contributed by atoms with Crippen LogP contribution in [0.5, 0.6) is 23.1 Å². The van der Waals surface area contributed by atoms with Crippen LogP contribution in [0.3, 0.4) is 0 Å². The Hall–Kier alpha value is -4.59. The molecular formula is C29H28N2O6. The van der Waals surface area contributed by atoms with Crippen molar-refractivity contribution in [3.05, 3.63) is 95.2 Å². The molecule has 0 unspecified atom stereocenters. The molecule has 0 atom stereocenters. The molecule has 0 spiro atoms. The van der Waals surface area contributed by atoms with E-state index in [2.05, 4.69) is 9.97 Å². The third-order valence-corrected chi connectivity index (χ3v) is 5.60. The van der Waals surface area contributed by atoms with Crippen LogP contribution in [-0.4, -0.2) is 37.3 Å². The number of hydrogen-bond donors (Lipinski definition) is 0. The fourth-order valence-electron chi connectivity index (χ4n) is 3.48. The first-order valence-corrected chi connectivity index (χ1v) is 11.6. The van der Waals surface area contributed by atoms with E-state index in [1.54, 1.807) is 14.2 Å². The molecule has 0 radical (unpaired) electrons. The zero-order chi connectivity index (χ0) is 26.2. The Balaban J connectivity index is 1.71. The Labute approximate surface area is 215 Å². The third-order valence-electron chi connectivity index (χ3n) is 5.60. The van der Waals surface area contributed by atoms with Crippen LogP contribution in [0.1, 0.15) is 27.2 Å². The number of aryl methyl sites for hydroxylation is 1. The van der Waals surface area contributed by atoms with Gasteiger partial charge >= 0.3 is 5.97 Å². The number of benzene rings is 3. The number of esters is 1. The van der Waals surface area contributed by atoms with Gasteiger partial charge in [0.25, 0.3) is 5.88 Å². The van der Waals surface area contributed by atoms with E-state index >= 15 is 0 Å². The largest absolute Gasteiger partial charge is 0.497 e. The molecule has 190 valence electrons. The van der Waals surface area contributed by atoms with Crippen LogP contribution in [0, 0.1) is 6.92 Å². The second-order valence-electron chi connectivity index (χ2n) is 8.16. The molecule has 3 aromatic carbocycles. The third kappa shape index (κ3) is 6.35. The van der Waals surface area contributed by atoms with Crippen molar-refractivity contribution in [1.82, 2.24) is 9.97 Å². The molecule has 0 aliphatic rings. The van der Waals surface area contributed by atoms with Gasteiger partial charge in [-0.3, -0.25) is 0 Å². The average Bonchev–Trinajstić information content (AvgIpc) is 2.95. The van der Waals surface area contributed by atoms with E-state index in [1.807, 2.05) is 79.7 Å². The SMILES string of the molecule is COC(=O)c1nc(-c2ccc(C)cc2)nc(OCc2ccc(OC)cc2)c1OCc1ccc(OC)cc1. The van der Waals surface area contributed by atoms with Crippen LogP contribution in [0.4, 0.5) is 0 Å². The van der Waals surface area contributed by atoms with Crippen LogP contribution < -0.4 is 18.9 Å². The summed E-state index contributed by atoms with van der Waals surface area (Å²) in [4.78, 5) is 21.9. The Morgan fingerprint density at radius 2 is 1.24 bits per heavy atom. The normalized spacial score (nSPS) is 10.5. The number of hydrogen-bond acceptors (Lipinski definition) is 8. The number of nitrogens with zero attached hydrogens (tertiary/aromatic N) is 2. The van der Waals surface area contributed by atoms with Gasteiger partial charge in [-0.2, -0.15) is 4.98 Å². The van der Waals surface area contributed by atoms with Gasteiger partial charge in [-0.15, -0.1) is 0 Å². The number of rotatable bonds is 10. The molecule has 0 aliphatic heterocycles. The van der Waals surface area contributed by atoms with E-state index in [9.17, 15) is 4.79 Å². The molecule has 0 saturated heterocycles. The van der Waals surface area contributed by atoms with Crippen molar-refractivity contribution in [1.29, 1.82) is 0 Å². The summed E-state index contributed by atoms with van der Waals surface area (Å²) in [7, 11) is 4.51. The van der Waals surface area contributed by atoms with Gasteiger partial charge in [-0.1, -0.05) is 54.1 Å². The lowest BCUT2D eigenvalue weighted by atomic mass is 10.1. The Morgan fingerprint density at radius 1 is 0.703 bits per heavy atom. The Morgan fingerprint density at radius 3 is 1.76 bits per heavy atom. The maximum Gasteiger partial charge on any atom is 0.360 e. The lowest BCUT2D eigenvalue weighted by Crippen LogP contribution is -2.13. The highest BCUT2D eigenvalue weighted by atomic mass is 16.5. The fourth-order valence-corrected chi connectivity index (χ4v) is 3.48. The minimum atomic E-state index is -0.658. The maximum atomic E-state index is 12.8. The van der Waals surface area contributed by atoms with Crippen molar-refractivity contribution in [2.45, 2.75) is 20.1 Å². The highest BCUT2D eigenvalue weighted by Crippen LogP contribution is 2.33. The molecule has 8 nitrogen and oxygen atoms in total. The van der Waals surface area contributed by atoms with E-state index in [4.69, 9.17) is 23.7 Å². The number of methoxy groups -OCH3 is 3. The van der Waals surface area contributed by atoms with Crippen molar-refractivity contribution >= 4 is 5.97 Å². The summed E-state index contributed by atoms with van der Waals surface area (Å²) >= 11 is 0. The number of aromatic nitrogens is 2. The first kappa shape index (κ1) is 25.5. The molecule has 1 heterocycles. The van der Waals surface area contributed by atoms with E-state index in [1.165, 1.54) is 7.11 Å². The smallest absolute Gasteiger partial charge is 0.360 e. The van der Waals surface area contributed by atoms with Gasteiger partial charge in [0.2, 0.25) is 5.75 Å². The Kier molecular flexibility index (Phi) is 8.20. The van der Waals surface area contributed by atoms with Crippen molar-refractivity contribution < 1.29 is 28.5 Å². The molecule has 0 bridgehead atoms. The second-order valence-corrected chi connectivity index (χ2v) is 8.16. The first-order chi connectivity index (χ1) is 18.0. The number of carbonyl (C=O) groups is 1. The van der Waals surface area contributed by atoms with Crippen LogP contribution in [0.2, 0.25) is 0 Å². The van der Waals surface area contributed by atoms with Crippen LogP contribution in [0.25, 0.3) is 11.4 Å². The number of carbonyl (C=O) groups excluding carboxylic acids is 1. The van der Waals surface area contributed by atoms with Crippen molar-refractivity contribution in [2.75, 3.05) is 21.3 Å². The van der Waals surface area contributed by atoms with Crippen LogP contribution in [0.15, 0.2) is 72.8 Å². The van der Waals surface area contributed by atoms with E-state index < -0.39 is 5.97 Å². The van der Waals surface area contributed by atoms with E-state index in [0.717, 1.165) is 33.8 Å².